The number of rotatable bonds is 2. The highest BCUT2D eigenvalue weighted by molar-refractivity contribution is 6.34. The third-order valence-electron chi connectivity index (χ3n) is 2.48. The van der Waals surface area contributed by atoms with Crippen LogP contribution in [0.25, 0.3) is 11.0 Å². The highest BCUT2D eigenvalue weighted by Crippen LogP contribution is 2.32. The lowest BCUT2D eigenvalue weighted by Gasteiger charge is -2.10. The lowest BCUT2D eigenvalue weighted by Crippen LogP contribution is -2.03. The van der Waals surface area contributed by atoms with Gasteiger partial charge in [0.05, 0.1) is 5.02 Å². The van der Waals surface area contributed by atoms with E-state index in [1.165, 1.54) is 12.1 Å². The first-order chi connectivity index (χ1) is 7.49. The molecule has 0 saturated carbocycles. The average molecular weight is 243 g/mol. The van der Waals surface area contributed by atoms with Crippen LogP contribution in [-0.2, 0) is 0 Å². The van der Waals surface area contributed by atoms with Crippen LogP contribution in [0.5, 0.6) is 0 Å². The fourth-order valence-electron chi connectivity index (χ4n) is 1.57. The van der Waals surface area contributed by atoms with E-state index in [1.54, 1.807) is 6.07 Å². The number of hydrogen-bond donors (Lipinski definition) is 1. The minimum Gasteiger partial charge on any atom is -0.457 e. The van der Waals surface area contributed by atoms with Gasteiger partial charge in [-0.2, -0.15) is 0 Å². The first-order valence-electron chi connectivity index (χ1n) is 5.05. The van der Waals surface area contributed by atoms with Gasteiger partial charge in [0.25, 0.3) is 0 Å². The van der Waals surface area contributed by atoms with Crippen molar-refractivity contribution >= 4 is 22.6 Å². The predicted octanol–water partition coefficient (Wildman–Crippen LogP) is 3.91. The third-order valence-corrected chi connectivity index (χ3v) is 2.76. The fourth-order valence-corrected chi connectivity index (χ4v) is 1.82. The average Bonchev–Trinajstić information content (AvgIpc) is 2.60. The van der Waals surface area contributed by atoms with Crippen LogP contribution in [-0.4, -0.2) is 5.11 Å². The first-order valence-corrected chi connectivity index (χ1v) is 5.43. The van der Waals surface area contributed by atoms with E-state index < -0.39 is 11.9 Å². The Hall–Kier alpha value is -1.06. The van der Waals surface area contributed by atoms with Crippen LogP contribution in [0.2, 0.25) is 5.02 Å². The molecule has 1 unspecified atom stereocenters. The van der Waals surface area contributed by atoms with Gasteiger partial charge in [0.15, 0.2) is 5.58 Å². The van der Waals surface area contributed by atoms with Gasteiger partial charge in [-0.25, -0.2) is 4.39 Å². The Morgan fingerprint density at radius 2 is 2.00 bits per heavy atom. The largest absolute Gasteiger partial charge is 0.457 e. The van der Waals surface area contributed by atoms with Crippen LogP contribution in [0.1, 0.15) is 25.7 Å². The van der Waals surface area contributed by atoms with E-state index in [9.17, 15) is 9.50 Å². The molecular weight excluding hydrogens is 231 g/mol. The molecule has 0 aliphatic carbocycles. The molecule has 0 saturated heterocycles. The fraction of sp³-hybridized carbons (Fsp3) is 0.333. The van der Waals surface area contributed by atoms with Crippen LogP contribution < -0.4 is 0 Å². The van der Waals surface area contributed by atoms with E-state index in [0.717, 1.165) is 0 Å². The van der Waals surface area contributed by atoms with Gasteiger partial charge in [-0.3, -0.25) is 0 Å². The summed E-state index contributed by atoms with van der Waals surface area (Å²) in [6.45, 7) is 3.75. The standard InChI is InChI=1S/C12H12ClFO2/c1-6(2)11(15)10-4-7-3-8(14)5-9(13)12(7)16-10/h3-6,11,15H,1-2H3. The van der Waals surface area contributed by atoms with Gasteiger partial charge in [-0.1, -0.05) is 25.4 Å². The van der Waals surface area contributed by atoms with Crippen molar-refractivity contribution in [1.82, 2.24) is 0 Å². The molecule has 0 aliphatic rings. The maximum atomic E-state index is 13.1. The molecule has 0 bridgehead atoms. The Morgan fingerprint density at radius 3 is 2.62 bits per heavy atom. The van der Waals surface area contributed by atoms with Crippen LogP contribution in [0.4, 0.5) is 4.39 Å². The van der Waals surface area contributed by atoms with Crippen molar-refractivity contribution in [1.29, 1.82) is 0 Å². The lowest BCUT2D eigenvalue weighted by molar-refractivity contribution is 0.104. The molecule has 2 aromatic rings. The van der Waals surface area contributed by atoms with Gasteiger partial charge in [-0.15, -0.1) is 0 Å². The van der Waals surface area contributed by atoms with Gasteiger partial charge in [0.1, 0.15) is 17.7 Å². The Balaban J connectivity index is 2.56. The highest BCUT2D eigenvalue weighted by atomic mass is 35.5. The van der Waals surface area contributed by atoms with Crippen LogP contribution in [0.15, 0.2) is 22.6 Å². The monoisotopic (exact) mass is 242 g/mol. The molecular formula is C12H12ClFO2. The van der Waals surface area contributed by atoms with Crippen LogP contribution in [0, 0.1) is 11.7 Å². The number of hydrogen-bond acceptors (Lipinski definition) is 2. The molecule has 86 valence electrons. The number of benzene rings is 1. The van der Waals surface area contributed by atoms with Crippen molar-refractivity contribution in [2.24, 2.45) is 5.92 Å². The summed E-state index contributed by atoms with van der Waals surface area (Å²) in [4.78, 5) is 0. The zero-order valence-electron chi connectivity index (χ0n) is 9.00. The van der Waals surface area contributed by atoms with Crippen molar-refractivity contribution < 1.29 is 13.9 Å². The van der Waals surface area contributed by atoms with E-state index in [-0.39, 0.29) is 10.9 Å². The molecule has 16 heavy (non-hydrogen) atoms. The van der Waals surface area contributed by atoms with Gasteiger partial charge in [0, 0.05) is 5.39 Å². The second-order valence-electron chi connectivity index (χ2n) is 4.14. The van der Waals surface area contributed by atoms with Crippen molar-refractivity contribution in [3.05, 3.63) is 34.8 Å². The van der Waals surface area contributed by atoms with E-state index in [1.807, 2.05) is 13.8 Å². The minimum atomic E-state index is -0.702. The molecule has 4 heteroatoms. The number of furan rings is 1. The SMILES string of the molecule is CC(C)C(O)c1cc2cc(F)cc(Cl)c2o1. The number of aliphatic hydroxyl groups is 1. The molecule has 2 nitrogen and oxygen atoms in total. The van der Waals surface area contributed by atoms with Crippen LogP contribution >= 0.6 is 11.6 Å². The van der Waals surface area contributed by atoms with E-state index in [4.69, 9.17) is 16.0 Å². The zero-order chi connectivity index (χ0) is 11.9. The topological polar surface area (TPSA) is 33.4 Å². The van der Waals surface area contributed by atoms with Gasteiger partial charge in [0.2, 0.25) is 0 Å². The number of halogens is 2. The molecule has 1 atom stereocenters. The zero-order valence-corrected chi connectivity index (χ0v) is 9.75. The maximum Gasteiger partial charge on any atom is 0.153 e. The summed E-state index contributed by atoms with van der Waals surface area (Å²) in [6.07, 6.45) is -0.702. The van der Waals surface area contributed by atoms with Crippen molar-refractivity contribution in [2.45, 2.75) is 20.0 Å². The van der Waals surface area contributed by atoms with Crippen molar-refractivity contribution in [2.75, 3.05) is 0 Å². The lowest BCUT2D eigenvalue weighted by atomic mass is 10.1. The molecule has 0 fully saturated rings. The summed E-state index contributed by atoms with van der Waals surface area (Å²) in [5.74, 6) is 0.0329. The normalized spacial score (nSPS) is 13.6. The highest BCUT2D eigenvalue weighted by Gasteiger charge is 2.18. The summed E-state index contributed by atoms with van der Waals surface area (Å²) >= 11 is 5.84. The molecule has 2 rings (SSSR count). The van der Waals surface area contributed by atoms with Gasteiger partial charge < -0.3 is 9.52 Å². The number of fused-ring (bicyclic) bond motifs is 1. The van der Waals surface area contributed by atoms with E-state index in [0.29, 0.717) is 16.7 Å². The van der Waals surface area contributed by atoms with E-state index >= 15 is 0 Å². The predicted molar refractivity (Wildman–Crippen MR) is 61.0 cm³/mol. The maximum absolute atomic E-state index is 13.1. The van der Waals surface area contributed by atoms with Crippen molar-refractivity contribution in [3.8, 4) is 0 Å². The third kappa shape index (κ3) is 1.93. The first kappa shape index (κ1) is 11.4. The Morgan fingerprint density at radius 1 is 1.31 bits per heavy atom. The van der Waals surface area contributed by atoms with Crippen LogP contribution in [0.3, 0.4) is 0 Å². The van der Waals surface area contributed by atoms with Crippen molar-refractivity contribution in [3.63, 3.8) is 0 Å². The molecule has 1 aromatic heterocycles. The summed E-state index contributed by atoms with van der Waals surface area (Å²) in [5.41, 5.74) is 0.415. The smallest absolute Gasteiger partial charge is 0.153 e. The molecule has 0 radical (unpaired) electrons. The quantitative estimate of drug-likeness (QED) is 0.866. The molecule has 1 N–H and O–H groups in total. The minimum absolute atomic E-state index is 0.0317. The summed E-state index contributed by atoms with van der Waals surface area (Å²) in [6, 6.07) is 4.15. The van der Waals surface area contributed by atoms with E-state index in [2.05, 4.69) is 0 Å². The Kier molecular flexibility index (Phi) is 2.91. The second kappa shape index (κ2) is 4.07. The summed E-state index contributed by atoms with van der Waals surface area (Å²) < 4.78 is 18.5. The van der Waals surface area contributed by atoms with Gasteiger partial charge >= 0.3 is 0 Å². The number of aliphatic hydroxyl groups excluding tert-OH is 1. The molecule has 1 aromatic carbocycles. The summed E-state index contributed by atoms with van der Waals surface area (Å²) in [5, 5.41) is 10.6. The Bertz CT molecular complexity index is 519. The second-order valence-corrected chi connectivity index (χ2v) is 4.55. The molecule has 0 aliphatic heterocycles. The molecule has 0 spiro atoms. The van der Waals surface area contributed by atoms with Gasteiger partial charge in [-0.05, 0) is 24.1 Å². The summed E-state index contributed by atoms with van der Waals surface area (Å²) in [7, 11) is 0. The molecule has 1 heterocycles. The molecule has 0 amide bonds. The Labute approximate surface area is 97.6 Å².